The Labute approximate surface area is 132 Å². The fourth-order valence-electron chi connectivity index (χ4n) is 3.65. The highest BCUT2D eigenvalue weighted by atomic mass is 16.5. The Bertz CT molecular complexity index is 574. The van der Waals surface area contributed by atoms with E-state index in [1.807, 2.05) is 12.1 Å². The highest BCUT2D eigenvalue weighted by Gasteiger charge is 2.37. The summed E-state index contributed by atoms with van der Waals surface area (Å²) in [4.78, 5) is 12.8. The first-order chi connectivity index (χ1) is 10.5. The van der Waals surface area contributed by atoms with Crippen LogP contribution in [0.2, 0.25) is 0 Å². The average molecular weight is 302 g/mol. The van der Waals surface area contributed by atoms with Crippen LogP contribution < -0.4 is 15.8 Å². The number of benzene rings is 1. The molecule has 1 aromatic rings. The van der Waals surface area contributed by atoms with Gasteiger partial charge in [-0.1, -0.05) is 45.2 Å². The van der Waals surface area contributed by atoms with Crippen molar-refractivity contribution >= 4 is 5.91 Å². The molecule has 0 spiro atoms. The number of nitrogens with one attached hydrogen (secondary N) is 1. The molecule has 22 heavy (non-hydrogen) atoms. The summed E-state index contributed by atoms with van der Waals surface area (Å²) in [7, 11) is 0. The third kappa shape index (κ3) is 2.60. The van der Waals surface area contributed by atoms with Crippen molar-refractivity contribution in [3.63, 3.8) is 0 Å². The molecule has 120 valence electrons. The summed E-state index contributed by atoms with van der Waals surface area (Å²) in [6.07, 6.45) is 5.44. The zero-order valence-electron chi connectivity index (χ0n) is 13.6. The van der Waals surface area contributed by atoms with Gasteiger partial charge in [-0.2, -0.15) is 0 Å². The molecule has 0 saturated heterocycles. The summed E-state index contributed by atoms with van der Waals surface area (Å²) < 4.78 is 5.83. The number of para-hydroxylation sites is 1. The van der Waals surface area contributed by atoms with E-state index in [2.05, 4.69) is 25.2 Å². The first-order valence-corrected chi connectivity index (χ1v) is 8.26. The standard InChI is InChI=1S/C18H26N2O2/c1-17(2)12-22-15-13(7-6-8-14(15)17)16(21)20-18(11-19)9-4-3-5-10-18/h6-8H,3-5,9-12,19H2,1-2H3,(H,20,21). The summed E-state index contributed by atoms with van der Waals surface area (Å²) in [5.41, 5.74) is 7.45. The highest BCUT2D eigenvalue weighted by molar-refractivity contribution is 5.98. The number of amides is 1. The molecule has 1 heterocycles. The van der Waals surface area contributed by atoms with Crippen molar-refractivity contribution < 1.29 is 9.53 Å². The fraction of sp³-hybridized carbons (Fsp3) is 0.611. The van der Waals surface area contributed by atoms with E-state index in [4.69, 9.17) is 10.5 Å². The number of hydrogen-bond donors (Lipinski definition) is 2. The van der Waals surface area contributed by atoms with Gasteiger partial charge in [0.05, 0.1) is 17.7 Å². The van der Waals surface area contributed by atoms with Crippen LogP contribution in [0.3, 0.4) is 0 Å². The number of ether oxygens (including phenoxy) is 1. The van der Waals surface area contributed by atoms with Crippen molar-refractivity contribution in [2.75, 3.05) is 13.2 Å². The quantitative estimate of drug-likeness (QED) is 0.902. The molecule has 2 aliphatic rings. The number of nitrogens with two attached hydrogens (primary N) is 1. The molecule has 0 bridgehead atoms. The normalized spacial score (nSPS) is 21.8. The lowest BCUT2D eigenvalue weighted by Crippen LogP contribution is -2.54. The lowest BCUT2D eigenvalue weighted by molar-refractivity contribution is 0.0871. The molecule has 0 aromatic heterocycles. The van der Waals surface area contributed by atoms with Gasteiger partial charge in [-0.25, -0.2) is 0 Å². The maximum Gasteiger partial charge on any atom is 0.255 e. The molecule has 1 fully saturated rings. The smallest absolute Gasteiger partial charge is 0.255 e. The first kappa shape index (κ1) is 15.3. The number of fused-ring (bicyclic) bond motifs is 1. The van der Waals surface area contributed by atoms with Gasteiger partial charge in [0.15, 0.2) is 0 Å². The van der Waals surface area contributed by atoms with E-state index in [0.29, 0.717) is 18.7 Å². The van der Waals surface area contributed by atoms with Gasteiger partial charge in [-0.15, -0.1) is 0 Å². The van der Waals surface area contributed by atoms with Crippen molar-refractivity contribution in [1.29, 1.82) is 0 Å². The van der Waals surface area contributed by atoms with Crippen LogP contribution in [0.1, 0.15) is 61.9 Å². The van der Waals surface area contributed by atoms with E-state index in [9.17, 15) is 4.79 Å². The van der Waals surface area contributed by atoms with Crippen LogP contribution >= 0.6 is 0 Å². The van der Waals surface area contributed by atoms with Crippen LogP contribution in [0.4, 0.5) is 0 Å². The molecule has 0 radical (unpaired) electrons. The third-order valence-corrected chi connectivity index (χ3v) is 5.15. The minimum atomic E-state index is -0.244. The summed E-state index contributed by atoms with van der Waals surface area (Å²) >= 11 is 0. The molecular weight excluding hydrogens is 276 g/mol. The van der Waals surface area contributed by atoms with Crippen LogP contribution in [0, 0.1) is 0 Å². The van der Waals surface area contributed by atoms with E-state index in [0.717, 1.165) is 37.0 Å². The van der Waals surface area contributed by atoms with Crippen LogP contribution in [0.5, 0.6) is 5.75 Å². The SMILES string of the molecule is CC1(C)COc2c(C(=O)NC3(CN)CCCCC3)cccc21. The Balaban J connectivity index is 1.86. The second kappa shape index (κ2) is 5.58. The van der Waals surface area contributed by atoms with Crippen LogP contribution in [-0.4, -0.2) is 24.6 Å². The van der Waals surface area contributed by atoms with Crippen molar-refractivity contribution in [2.45, 2.75) is 56.9 Å². The Kier molecular flexibility index (Phi) is 3.89. The molecule has 4 heteroatoms. The first-order valence-electron chi connectivity index (χ1n) is 8.26. The van der Waals surface area contributed by atoms with Gasteiger partial charge in [-0.05, 0) is 18.9 Å². The molecule has 4 nitrogen and oxygen atoms in total. The van der Waals surface area contributed by atoms with Crippen LogP contribution in [0.15, 0.2) is 18.2 Å². The summed E-state index contributed by atoms with van der Waals surface area (Å²) in [6.45, 7) is 5.40. The molecular formula is C18H26N2O2. The fourth-order valence-corrected chi connectivity index (χ4v) is 3.65. The maximum absolute atomic E-state index is 12.8. The zero-order chi connectivity index (χ0) is 15.8. The Morgan fingerprint density at radius 3 is 2.68 bits per heavy atom. The molecule has 0 atom stereocenters. The number of carbonyl (C=O) groups excluding carboxylic acids is 1. The largest absolute Gasteiger partial charge is 0.492 e. The summed E-state index contributed by atoms with van der Waals surface area (Å²) in [6, 6.07) is 5.85. The van der Waals surface area contributed by atoms with Gasteiger partial charge in [0.1, 0.15) is 5.75 Å². The monoisotopic (exact) mass is 302 g/mol. The van der Waals surface area contributed by atoms with Gasteiger partial charge >= 0.3 is 0 Å². The topological polar surface area (TPSA) is 64.3 Å². The minimum Gasteiger partial charge on any atom is -0.492 e. The van der Waals surface area contributed by atoms with E-state index in [-0.39, 0.29) is 16.9 Å². The Morgan fingerprint density at radius 2 is 2.00 bits per heavy atom. The van der Waals surface area contributed by atoms with Gasteiger partial charge < -0.3 is 15.8 Å². The van der Waals surface area contributed by atoms with Gasteiger partial charge in [0.25, 0.3) is 5.91 Å². The van der Waals surface area contributed by atoms with Gasteiger partial charge in [0, 0.05) is 17.5 Å². The van der Waals surface area contributed by atoms with E-state index in [1.165, 1.54) is 6.42 Å². The van der Waals surface area contributed by atoms with E-state index in [1.54, 1.807) is 0 Å². The second-order valence-electron chi connectivity index (χ2n) is 7.35. The van der Waals surface area contributed by atoms with Crippen molar-refractivity contribution in [3.05, 3.63) is 29.3 Å². The number of carbonyl (C=O) groups is 1. The Hall–Kier alpha value is -1.55. The van der Waals surface area contributed by atoms with Gasteiger partial charge in [0.2, 0.25) is 0 Å². The van der Waals surface area contributed by atoms with Crippen LogP contribution in [0.25, 0.3) is 0 Å². The predicted octanol–water partition coefficient (Wildman–Crippen LogP) is 2.75. The minimum absolute atomic E-state index is 0.0397. The molecule has 0 unspecified atom stereocenters. The van der Waals surface area contributed by atoms with Gasteiger partial charge in [-0.3, -0.25) is 4.79 Å². The number of rotatable bonds is 3. The van der Waals surface area contributed by atoms with E-state index >= 15 is 0 Å². The lowest BCUT2D eigenvalue weighted by atomic mass is 9.81. The molecule has 1 aliphatic carbocycles. The second-order valence-corrected chi connectivity index (χ2v) is 7.35. The molecule has 1 amide bonds. The third-order valence-electron chi connectivity index (χ3n) is 5.15. The highest BCUT2D eigenvalue weighted by Crippen LogP contribution is 2.40. The zero-order valence-corrected chi connectivity index (χ0v) is 13.6. The lowest BCUT2D eigenvalue weighted by Gasteiger charge is -2.37. The van der Waals surface area contributed by atoms with Crippen molar-refractivity contribution in [3.8, 4) is 5.75 Å². The van der Waals surface area contributed by atoms with Crippen molar-refractivity contribution in [2.24, 2.45) is 5.73 Å². The maximum atomic E-state index is 12.8. The van der Waals surface area contributed by atoms with Crippen molar-refractivity contribution in [1.82, 2.24) is 5.32 Å². The summed E-state index contributed by atoms with van der Waals surface area (Å²) in [5.74, 6) is 0.690. The molecule has 1 aliphatic heterocycles. The molecule has 3 rings (SSSR count). The molecule has 3 N–H and O–H groups in total. The average Bonchev–Trinajstić information content (AvgIpc) is 2.84. The molecule has 1 aromatic carbocycles. The Morgan fingerprint density at radius 1 is 1.27 bits per heavy atom. The predicted molar refractivity (Wildman–Crippen MR) is 87.3 cm³/mol. The summed E-state index contributed by atoms with van der Waals surface area (Å²) in [5, 5.41) is 3.21. The van der Waals surface area contributed by atoms with E-state index < -0.39 is 0 Å². The number of hydrogen-bond acceptors (Lipinski definition) is 3. The molecule has 1 saturated carbocycles. The van der Waals surface area contributed by atoms with Crippen LogP contribution in [-0.2, 0) is 5.41 Å².